The van der Waals surface area contributed by atoms with Crippen molar-refractivity contribution >= 4 is 17.3 Å². The number of allylic oxidation sites excluding steroid dienone is 3. The van der Waals surface area contributed by atoms with Crippen LogP contribution in [0.5, 0.6) is 5.88 Å². The van der Waals surface area contributed by atoms with Crippen molar-refractivity contribution < 1.29 is 4.74 Å². The molecule has 0 aliphatic carbocycles. The van der Waals surface area contributed by atoms with Crippen molar-refractivity contribution in [2.24, 2.45) is 0 Å². The van der Waals surface area contributed by atoms with Gasteiger partial charge in [-0.1, -0.05) is 25.2 Å². The Labute approximate surface area is 118 Å². The molecule has 1 aliphatic heterocycles. The third-order valence-electron chi connectivity index (χ3n) is 2.75. The van der Waals surface area contributed by atoms with Crippen molar-refractivity contribution in [1.29, 1.82) is 0 Å². The highest BCUT2D eigenvalue weighted by atomic mass is 32.1. The van der Waals surface area contributed by atoms with Crippen LogP contribution < -0.4 is 4.74 Å². The second-order valence-corrected chi connectivity index (χ2v) is 4.91. The minimum atomic E-state index is 0.647. The maximum absolute atomic E-state index is 5.71. The zero-order valence-electron chi connectivity index (χ0n) is 11.4. The van der Waals surface area contributed by atoms with Gasteiger partial charge < -0.3 is 9.64 Å². The van der Waals surface area contributed by atoms with Crippen LogP contribution in [0.25, 0.3) is 5.57 Å². The van der Waals surface area contributed by atoms with Crippen LogP contribution >= 0.6 is 11.7 Å². The lowest BCUT2D eigenvalue weighted by molar-refractivity contribution is 0.313. The number of nitrogens with zero attached hydrogens (tertiary/aromatic N) is 3. The van der Waals surface area contributed by atoms with Crippen LogP contribution in [0.15, 0.2) is 30.5 Å². The highest BCUT2D eigenvalue weighted by Gasteiger charge is 2.16. The van der Waals surface area contributed by atoms with Crippen LogP contribution in [0.4, 0.5) is 0 Å². The molecule has 0 radical (unpaired) electrons. The number of likely N-dealkylation sites (N-methyl/N-ethyl adjacent to an activating group) is 1. The summed E-state index contributed by atoms with van der Waals surface area (Å²) in [4.78, 5) is 2.11. The molecule has 0 unspecified atom stereocenters. The lowest BCUT2D eigenvalue weighted by atomic mass is 10.1. The monoisotopic (exact) mass is 277 g/mol. The SMILES string of the molecule is CC/C=C/CCOc1nsnc1C1=CC=CN(C)C1. The van der Waals surface area contributed by atoms with Gasteiger partial charge in [-0.2, -0.15) is 4.37 Å². The van der Waals surface area contributed by atoms with Crippen molar-refractivity contribution in [2.75, 3.05) is 20.2 Å². The first-order valence-corrected chi connectivity index (χ1v) is 7.22. The normalized spacial score (nSPS) is 15.1. The van der Waals surface area contributed by atoms with Gasteiger partial charge >= 0.3 is 0 Å². The maximum atomic E-state index is 5.71. The van der Waals surface area contributed by atoms with Gasteiger partial charge in [-0.3, -0.25) is 0 Å². The first-order valence-electron chi connectivity index (χ1n) is 6.49. The Bertz CT molecular complexity index is 491. The van der Waals surface area contributed by atoms with E-state index in [4.69, 9.17) is 4.74 Å². The summed E-state index contributed by atoms with van der Waals surface area (Å²) >= 11 is 1.20. The first kappa shape index (κ1) is 13.8. The van der Waals surface area contributed by atoms with Gasteiger partial charge in [-0.05, 0) is 25.1 Å². The fourth-order valence-electron chi connectivity index (χ4n) is 1.81. The van der Waals surface area contributed by atoms with E-state index in [1.165, 1.54) is 11.7 Å². The Hall–Kier alpha value is -1.62. The lowest BCUT2D eigenvalue weighted by Crippen LogP contribution is -2.16. The third-order valence-corrected chi connectivity index (χ3v) is 3.26. The molecular weight excluding hydrogens is 258 g/mol. The van der Waals surface area contributed by atoms with Crippen LogP contribution in [-0.4, -0.2) is 33.8 Å². The smallest absolute Gasteiger partial charge is 0.253 e. The third kappa shape index (κ3) is 3.92. The van der Waals surface area contributed by atoms with Crippen molar-refractivity contribution in [3.63, 3.8) is 0 Å². The Morgan fingerprint density at radius 3 is 3.11 bits per heavy atom. The van der Waals surface area contributed by atoms with E-state index in [1.54, 1.807) is 0 Å². The Morgan fingerprint density at radius 1 is 1.42 bits per heavy atom. The van der Waals surface area contributed by atoms with E-state index >= 15 is 0 Å². The Balaban J connectivity index is 1.96. The molecule has 1 aliphatic rings. The minimum absolute atomic E-state index is 0.647. The van der Waals surface area contributed by atoms with Gasteiger partial charge in [0.2, 0.25) is 0 Å². The molecule has 0 amide bonds. The zero-order valence-corrected chi connectivity index (χ0v) is 12.2. The number of aromatic nitrogens is 2. The van der Waals surface area contributed by atoms with Crippen LogP contribution in [0, 0.1) is 0 Å². The van der Waals surface area contributed by atoms with Crippen LogP contribution in [-0.2, 0) is 0 Å². The summed E-state index contributed by atoms with van der Waals surface area (Å²) < 4.78 is 14.3. The summed E-state index contributed by atoms with van der Waals surface area (Å²) in [5, 5.41) is 0. The molecule has 1 aromatic heterocycles. The average Bonchev–Trinajstić information content (AvgIpc) is 2.87. The molecule has 0 spiro atoms. The fraction of sp³-hybridized carbons (Fsp3) is 0.429. The minimum Gasteiger partial charge on any atom is -0.475 e. The predicted octanol–water partition coefficient (Wildman–Crippen LogP) is 3.12. The molecule has 4 nitrogen and oxygen atoms in total. The maximum Gasteiger partial charge on any atom is 0.253 e. The Morgan fingerprint density at radius 2 is 2.32 bits per heavy atom. The molecule has 0 saturated heterocycles. The molecule has 0 N–H and O–H groups in total. The van der Waals surface area contributed by atoms with Gasteiger partial charge in [0.05, 0.1) is 18.3 Å². The van der Waals surface area contributed by atoms with Gasteiger partial charge in [-0.15, -0.1) is 4.37 Å². The first-order chi connectivity index (χ1) is 9.31. The summed E-state index contributed by atoms with van der Waals surface area (Å²) in [6, 6.07) is 0. The molecule has 0 fully saturated rings. The quantitative estimate of drug-likeness (QED) is 0.591. The average molecular weight is 277 g/mol. The van der Waals surface area contributed by atoms with Gasteiger partial charge in [0.1, 0.15) is 5.69 Å². The fourth-order valence-corrected chi connectivity index (χ4v) is 2.34. The summed E-state index contributed by atoms with van der Waals surface area (Å²) in [6.45, 7) is 3.61. The highest BCUT2D eigenvalue weighted by molar-refractivity contribution is 6.99. The van der Waals surface area contributed by atoms with E-state index < -0.39 is 0 Å². The van der Waals surface area contributed by atoms with Crippen molar-refractivity contribution in [3.8, 4) is 5.88 Å². The lowest BCUT2D eigenvalue weighted by Gasteiger charge is -2.18. The summed E-state index contributed by atoms with van der Waals surface area (Å²) in [5.74, 6) is 0.657. The molecule has 0 bridgehead atoms. The topological polar surface area (TPSA) is 38.3 Å². The predicted molar refractivity (Wildman–Crippen MR) is 79.2 cm³/mol. The highest BCUT2D eigenvalue weighted by Crippen LogP contribution is 2.26. The number of ether oxygens (including phenoxy) is 1. The van der Waals surface area contributed by atoms with E-state index in [0.717, 1.165) is 30.7 Å². The van der Waals surface area contributed by atoms with E-state index in [0.29, 0.717) is 12.5 Å². The zero-order chi connectivity index (χ0) is 13.5. The standard InChI is InChI=1S/C14H19N3OS/c1-3-4-5-6-10-18-14-13(15-19-16-14)12-8-7-9-17(2)11-12/h4-5,7-9H,3,6,10-11H2,1-2H3/b5-4+. The van der Waals surface area contributed by atoms with E-state index in [2.05, 4.69) is 38.8 Å². The van der Waals surface area contributed by atoms with Crippen LogP contribution in [0.2, 0.25) is 0 Å². The van der Waals surface area contributed by atoms with Gasteiger partial charge in [-0.25, -0.2) is 0 Å². The van der Waals surface area contributed by atoms with E-state index in [9.17, 15) is 0 Å². The van der Waals surface area contributed by atoms with Crippen molar-refractivity contribution in [1.82, 2.24) is 13.6 Å². The molecule has 0 saturated carbocycles. The number of hydrogen-bond acceptors (Lipinski definition) is 5. The molecule has 0 aromatic carbocycles. The molecule has 0 atom stereocenters. The summed E-state index contributed by atoms with van der Waals surface area (Å²) in [5.41, 5.74) is 2.03. The molecular formula is C14H19N3OS. The largest absolute Gasteiger partial charge is 0.475 e. The molecule has 5 heteroatoms. The summed E-state index contributed by atoms with van der Waals surface area (Å²) in [6.07, 6.45) is 12.4. The number of rotatable bonds is 6. The van der Waals surface area contributed by atoms with Crippen molar-refractivity contribution in [3.05, 3.63) is 36.2 Å². The molecule has 2 heterocycles. The summed E-state index contributed by atoms with van der Waals surface area (Å²) in [7, 11) is 2.04. The molecule has 2 rings (SSSR count). The van der Waals surface area contributed by atoms with Crippen LogP contribution in [0.3, 0.4) is 0 Å². The van der Waals surface area contributed by atoms with Gasteiger partial charge in [0, 0.05) is 19.2 Å². The van der Waals surface area contributed by atoms with Crippen molar-refractivity contribution in [2.45, 2.75) is 19.8 Å². The van der Waals surface area contributed by atoms with E-state index in [-0.39, 0.29) is 0 Å². The second kappa shape index (κ2) is 7.09. The Kier molecular flexibility index (Phi) is 5.15. The van der Waals surface area contributed by atoms with E-state index in [1.807, 2.05) is 19.3 Å². The molecule has 19 heavy (non-hydrogen) atoms. The van der Waals surface area contributed by atoms with Gasteiger partial charge in [0.25, 0.3) is 5.88 Å². The van der Waals surface area contributed by atoms with Gasteiger partial charge in [0.15, 0.2) is 0 Å². The second-order valence-electron chi connectivity index (χ2n) is 4.38. The molecule has 1 aromatic rings. The molecule has 102 valence electrons. The van der Waals surface area contributed by atoms with Crippen LogP contribution in [0.1, 0.15) is 25.5 Å². The number of hydrogen-bond donors (Lipinski definition) is 0.